The molecule has 0 atom stereocenters. The van der Waals surface area contributed by atoms with E-state index in [9.17, 15) is 13.6 Å². The summed E-state index contributed by atoms with van der Waals surface area (Å²) >= 11 is 0. The maximum Gasteiger partial charge on any atom is 0.387 e. The predicted octanol–water partition coefficient (Wildman–Crippen LogP) is 3.52. The van der Waals surface area contributed by atoms with Crippen LogP contribution in [0.15, 0.2) is 24.3 Å². The molecule has 1 aromatic rings. The SMILES string of the molecule is CCC.O=Cc1ccc(OC(F)F)cc1. The van der Waals surface area contributed by atoms with Gasteiger partial charge in [0.25, 0.3) is 0 Å². The molecule has 0 N–H and O–H groups in total. The van der Waals surface area contributed by atoms with Crippen molar-refractivity contribution in [1.82, 2.24) is 0 Å². The molecule has 0 heterocycles. The summed E-state index contributed by atoms with van der Waals surface area (Å²) in [6.45, 7) is 1.42. The fourth-order valence-corrected chi connectivity index (χ4v) is 0.728. The van der Waals surface area contributed by atoms with Gasteiger partial charge in [0.1, 0.15) is 12.0 Å². The average Bonchev–Trinajstić information content (AvgIpc) is 2.19. The molecular weight excluding hydrogens is 202 g/mol. The molecular formula is C11H14F2O2. The van der Waals surface area contributed by atoms with E-state index >= 15 is 0 Å². The van der Waals surface area contributed by atoms with Crippen molar-refractivity contribution in [2.75, 3.05) is 0 Å². The van der Waals surface area contributed by atoms with Crippen LogP contribution in [0.5, 0.6) is 5.75 Å². The average molecular weight is 216 g/mol. The molecule has 0 bridgehead atoms. The van der Waals surface area contributed by atoms with E-state index in [4.69, 9.17) is 0 Å². The van der Waals surface area contributed by atoms with Gasteiger partial charge >= 0.3 is 6.61 Å². The van der Waals surface area contributed by atoms with Gasteiger partial charge in [-0.15, -0.1) is 0 Å². The molecule has 0 fully saturated rings. The third-order valence-corrected chi connectivity index (χ3v) is 1.24. The van der Waals surface area contributed by atoms with Gasteiger partial charge in [-0.2, -0.15) is 8.78 Å². The Morgan fingerprint density at radius 1 is 1.27 bits per heavy atom. The van der Waals surface area contributed by atoms with Crippen LogP contribution in [-0.4, -0.2) is 12.9 Å². The smallest absolute Gasteiger partial charge is 0.387 e. The van der Waals surface area contributed by atoms with Crippen molar-refractivity contribution in [3.63, 3.8) is 0 Å². The summed E-state index contributed by atoms with van der Waals surface area (Å²) in [4.78, 5) is 10.2. The van der Waals surface area contributed by atoms with Crippen molar-refractivity contribution in [1.29, 1.82) is 0 Å². The lowest BCUT2D eigenvalue weighted by Crippen LogP contribution is -2.01. The maximum absolute atomic E-state index is 11.6. The van der Waals surface area contributed by atoms with Gasteiger partial charge in [-0.25, -0.2) is 0 Å². The summed E-state index contributed by atoms with van der Waals surface area (Å²) < 4.78 is 27.3. The van der Waals surface area contributed by atoms with Gasteiger partial charge in [0.05, 0.1) is 0 Å². The van der Waals surface area contributed by atoms with E-state index in [1.54, 1.807) is 0 Å². The minimum atomic E-state index is -2.83. The van der Waals surface area contributed by atoms with Crippen LogP contribution in [0.4, 0.5) is 8.78 Å². The molecule has 1 rings (SSSR count). The van der Waals surface area contributed by atoms with E-state index in [-0.39, 0.29) is 5.75 Å². The fraction of sp³-hybridized carbons (Fsp3) is 0.364. The molecule has 0 aliphatic carbocycles. The summed E-state index contributed by atoms with van der Waals surface area (Å²) in [5, 5.41) is 0. The minimum absolute atomic E-state index is 0.0515. The zero-order chi connectivity index (χ0) is 11.7. The van der Waals surface area contributed by atoms with E-state index in [2.05, 4.69) is 18.6 Å². The summed E-state index contributed by atoms with van der Waals surface area (Å²) in [6.07, 6.45) is 1.88. The molecule has 0 aliphatic heterocycles. The largest absolute Gasteiger partial charge is 0.435 e. The molecule has 0 saturated heterocycles. The Balaban J connectivity index is 0.000000583. The van der Waals surface area contributed by atoms with E-state index in [1.807, 2.05) is 0 Å². The van der Waals surface area contributed by atoms with E-state index in [1.165, 1.54) is 30.7 Å². The summed E-state index contributed by atoms with van der Waals surface area (Å²) in [5.74, 6) is 0.0515. The van der Waals surface area contributed by atoms with Gasteiger partial charge in [0.15, 0.2) is 0 Å². The van der Waals surface area contributed by atoms with Crippen LogP contribution in [0.2, 0.25) is 0 Å². The van der Waals surface area contributed by atoms with Gasteiger partial charge in [0.2, 0.25) is 0 Å². The number of ether oxygens (including phenoxy) is 1. The Morgan fingerprint density at radius 3 is 2.07 bits per heavy atom. The number of benzene rings is 1. The first-order valence-electron chi connectivity index (χ1n) is 4.64. The molecule has 0 aromatic heterocycles. The Hall–Kier alpha value is -1.45. The molecule has 0 aliphatic rings. The Morgan fingerprint density at radius 2 is 1.73 bits per heavy atom. The number of aldehydes is 1. The minimum Gasteiger partial charge on any atom is -0.435 e. The monoisotopic (exact) mass is 216 g/mol. The highest BCUT2D eigenvalue weighted by atomic mass is 19.3. The second-order valence-electron chi connectivity index (χ2n) is 2.77. The maximum atomic E-state index is 11.6. The van der Waals surface area contributed by atoms with Gasteiger partial charge in [-0.3, -0.25) is 4.79 Å². The third-order valence-electron chi connectivity index (χ3n) is 1.24. The summed E-state index contributed by atoms with van der Waals surface area (Å²) in [5.41, 5.74) is 0.427. The van der Waals surface area contributed by atoms with Crippen LogP contribution < -0.4 is 4.74 Å². The molecule has 1 aromatic carbocycles. The number of carbonyl (C=O) groups is 1. The van der Waals surface area contributed by atoms with Crippen LogP contribution in [-0.2, 0) is 0 Å². The number of hydrogen-bond acceptors (Lipinski definition) is 2. The standard InChI is InChI=1S/C8H6F2O2.C3H8/c9-8(10)12-7-3-1-6(5-11)2-4-7;1-3-2/h1-5,8H;3H2,1-2H3. The molecule has 4 heteroatoms. The molecule has 0 amide bonds. The highest BCUT2D eigenvalue weighted by Gasteiger charge is 2.02. The van der Waals surface area contributed by atoms with Crippen molar-refractivity contribution in [3.8, 4) is 5.75 Å². The Kier molecular flexibility index (Phi) is 7.14. The molecule has 84 valence electrons. The molecule has 2 nitrogen and oxygen atoms in total. The van der Waals surface area contributed by atoms with Crippen molar-refractivity contribution in [2.24, 2.45) is 0 Å². The second-order valence-corrected chi connectivity index (χ2v) is 2.77. The van der Waals surface area contributed by atoms with Gasteiger partial charge in [-0.1, -0.05) is 20.3 Å². The lowest BCUT2D eigenvalue weighted by Gasteiger charge is -2.02. The van der Waals surface area contributed by atoms with Crippen molar-refractivity contribution in [3.05, 3.63) is 29.8 Å². The van der Waals surface area contributed by atoms with Gasteiger partial charge in [0, 0.05) is 5.56 Å². The predicted molar refractivity (Wildman–Crippen MR) is 54.4 cm³/mol. The van der Waals surface area contributed by atoms with Crippen LogP contribution in [0.1, 0.15) is 30.6 Å². The topological polar surface area (TPSA) is 26.3 Å². The molecule has 0 spiro atoms. The quantitative estimate of drug-likeness (QED) is 0.722. The molecule has 15 heavy (non-hydrogen) atoms. The normalized spacial score (nSPS) is 9.13. The number of carbonyl (C=O) groups excluding carboxylic acids is 1. The highest BCUT2D eigenvalue weighted by Crippen LogP contribution is 2.13. The van der Waals surface area contributed by atoms with Crippen LogP contribution in [0, 0.1) is 0 Å². The van der Waals surface area contributed by atoms with Gasteiger partial charge < -0.3 is 4.74 Å². The van der Waals surface area contributed by atoms with Crippen molar-refractivity contribution >= 4 is 6.29 Å². The Labute approximate surface area is 87.9 Å². The fourth-order valence-electron chi connectivity index (χ4n) is 0.728. The van der Waals surface area contributed by atoms with Crippen LogP contribution >= 0.6 is 0 Å². The first-order chi connectivity index (χ1) is 7.13. The summed E-state index contributed by atoms with van der Waals surface area (Å²) in [7, 11) is 0. The number of rotatable bonds is 3. The van der Waals surface area contributed by atoms with Crippen molar-refractivity contribution in [2.45, 2.75) is 26.9 Å². The second kappa shape index (κ2) is 7.91. The van der Waals surface area contributed by atoms with E-state index in [0.29, 0.717) is 11.8 Å². The summed E-state index contributed by atoms with van der Waals surface area (Å²) in [6, 6.07) is 5.45. The van der Waals surface area contributed by atoms with Crippen molar-refractivity contribution < 1.29 is 18.3 Å². The first-order valence-corrected chi connectivity index (χ1v) is 4.64. The van der Waals surface area contributed by atoms with E-state index in [0.717, 1.165) is 0 Å². The van der Waals surface area contributed by atoms with E-state index < -0.39 is 6.61 Å². The third kappa shape index (κ3) is 6.60. The lowest BCUT2D eigenvalue weighted by atomic mass is 10.2. The molecule has 0 unspecified atom stereocenters. The highest BCUT2D eigenvalue weighted by molar-refractivity contribution is 5.74. The number of halogens is 2. The lowest BCUT2D eigenvalue weighted by molar-refractivity contribution is -0.0498. The molecule has 0 radical (unpaired) electrons. The number of hydrogen-bond donors (Lipinski definition) is 0. The van der Waals surface area contributed by atoms with Gasteiger partial charge in [-0.05, 0) is 24.3 Å². The Bertz CT molecular complexity index is 270. The van der Waals surface area contributed by atoms with Crippen LogP contribution in [0.3, 0.4) is 0 Å². The zero-order valence-electron chi connectivity index (χ0n) is 8.74. The first kappa shape index (κ1) is 13.5. The zero-order valence-corrected chi connectivity index (χ0v) is 8.74. The molecule has 0 saturated carbocycles. The number of alkyl halides is 2. The van der Waals surface area contributed by atoms with Crippen LogP contribution in [0.25, 0.3) is 0 Å².